The molecule has 1 aliphatic rings. The van der Waals surface area contributed by atoms with Crippen molar-refractivity contribution < 1.29 is 4.79 Å². The van der Waals surface area contributed by atoms with Crippen LogP contribution in [0.4, 0.5) is 0 Å². The molecule has 2 heterocycles. The maximum atomic E-state index is 12.3. The summed E-state index contributed by atoms with van der Waals surface area (Å²) < 4.78 is 2.01. The number of piperidine rings is 1. The van der Waals surface area contributed by atoms with Crippen LogP contribution < -0.4 is 5.32 Å². The van der Waals surface area contributed by atoms with Crippen molar-refractivity contribution in [2.24, 2.45) is 0 Å². The average Bonchev–Trinajstić information content (AvgIpc) is 3.19. The topological polar surface area (TPSA) is 50.2 Å². The Morgan fingerprint density at radius 3 is 2.85 bits per heavy atom. The molecular weight excluding hydrogens is 324 g/mol. The second-order valence-corrected chi connectivity index (χ2v) is 7.14. The molecule has 26 heavy (non-hydrogen) atoms. The number of nitrogens with one attached hydrogen (secondary N) is 1. The van der Waals surface area contributed by atoms with Crippen LogP contribution in [0, 0.1) is 0 Å². The predicted octanol–water partition coefficient (Wildman–Crippen LogP) is 3.32. The van der Waals surface area contributed by atoms with Gasteiger partial charge in [0.25, 0.3) is 5.91 Å². The maximum Gasteiger partial charge on any atom is 0.251 e. The van der Waals surface area contributed by atoms with Gasteiger partial charge >= 0.3 is 0 Å². The van der Waals surface area contributed by atoms with Gasteiger partial charge in [0.2, 0.25) is 0 Å². The summed E-state index contributed by atoms with van der Waals surface area (Å²) in [6.07, 6.45) is 11.8. The number of amides is 1. The van der Waals surface area contributed by atoms with Gasteiger partial charge < -0.3 is 14.8 Å². The van der Waals surface area contributed by atoms with Crippen molar-refractivity contribution in [1.82, 2.24) is 19.8 Å². The smallest absolute Gasteiger partial charge is 0.251 e. The summed E-state index contributed by atoms with van der Waals surface area (Å²) in [6.45, 7) is 6.09. The van der Waals surface area contributed by atoms with E-state index < -0.39 is 0 Å². The normalized spacial score (nSPS) is 18.0. The SMILES string of the molecule is CC[C@H]1CCCCN1CCCNC(=O)c1ccc(Cn2ccnc2)cc1. The van der Waals surface area contributed by atoms with Gasteiger partial charge in [-0.05, 0) is 49.9 Å². The Kier molecular flexibility index (Phi) is 6.83. The summed E-state index contributed by atoms with van der Waals surface area (Å²) in [5.41, 5.74) is 1.89. The molecule has 5 heteroatoms. The molecule has 0 aliphatic carbocycles. The Morgan fingerprint density at radius 2 is 2.12 bits per heavy atom. The van der Waals surface area contributed by atoms with Gasteiger partial charge in [0.05, 0.1) is 6.33 Å². The van der Waals surface area contributed by atoms with Crippen LogP contribution in [-0.4, -0.2) is 46.0 Å². The first-order valence-corrected chi connectivity index (χ1v) is 9.83. The van der Waals surface area contributed by atoms with Crippen molar-refractivity contribution >= 4 is 5.91 Å². The lowest BCUT2D eigenvalue weighted by molar-refractivity contribution is 0.0947. The van der Waals surface area contributed by atoms with Crippen LogP contribution in [-0.2, 0) is 6.54 Å². The molecule has 1 amide bonds. The van der Waals surface area contributed by atoms with Crippen LogP contribution in [0.3, 0.4) is 0 Å². The maximum absolute atomic E-state index is 12.3. The number of rotatable bonds is 8. The van der Waals surface area contributed by atoms with Crippen LogP contribution in [0.25, 0.3) is 0 Å². The monoisotopic (exact) mass is 354 g/mol. The highest BCUT2D eigenvalue weighted by molar-refractivity contribution is 5.94. The van der Waals surface area contributed by atoms with Crippen LogP contribution in [0.1, 0.15) is 54.9 Å². The lowest BCUT2D eigenvalue weighted by atomic mass is 10.00. The average molecular weight is 354 g/mol. The Bertz CT molecular complexity index is 666. The molecule has 1 N–H and O–H groups in total. The minimum atomic E-state index is 0.0184. The van der Waals surface area contributed by atoms with Crippen LogP contribution in [0.5, 0.6) is 0 Å². The molecule has 1 aromatic heterocycles. The fourth-order valence-electron chi connectivity index (χ4n) is 3.76. The second-order valence-electron chi connectivity index (χ2n) is 7.14. The first-order valence-electron chi connectivity index (χ1n) is 9.83. The van der Waals surface area contributed by atoms with Crippen LogP contribution >= 0.6 is 0 Å². The molecule has 1 atom stereocenters. The Morgan fingerprint density at radius 1 is 1.27 bits per heavy atom. The van der Waals surface area contributed by atoms with Crippen molar-refractivity contribution in [3.05, 3.63) is 54.1 Å². The zero-order chi connectivity index (χ0) is 18.2. The molecule has 0 unspecified atom stereocenters. The van der Waals surface area contributed by atoms with Crippen molar-refractivity contribution in [2.75, 3.05) is 19.6 Å². The molecule has 0 bridgehead atoms. The third-order valence-electron chi connectivity index (χ3n) is 5.27. The molecule has 2 aromatic rings. The van der Waals surface area contributed by atoms with E-state index in [2.05, 4.69) is 22.1 Å². The van der Waals surface area contributed by atoms with E-state index in [0.717, 1.165) is 43.2 Å². The Hall–Kier alpha value is -2.14. The number of nitrogens with zero attached hydrogens (tertiary/aromatic N) is 3. The standard InChI is InChI=1S/C21H30N4O/c1-2-20-6-3-4-13-25(20)14-5-11-23-21(26)19-9-7-18(8-10-19)16-24-15-12-22-17-24/h7-10,12,15,17,20H,2-6,11,13-14,16H2,1H3,(H,23,26)/t20-/m0/s1. The quantitative estimate of drug-likeness (QED) is 0.740. The van der Waals surface area contributed by atoms with E-state index in [4.69, 9.17) is 0 Å². The van der Waals surface area contributed by atoms with E-state index in [0.29, 0.717) is 0 Å². The van der Waals surface area contributed by atoms with E-state index in [1.54, 1.807) is 12.5 Å². The minimum absolute atomic E-state index is 0.0184. The highest BCUT2D eigenvalue weighted by Crippen LogP contribution is 2.19. The number of aromatic nitrogens is 2. The molecule has 5 nitrogen and oxygen atoms in total. The number of benzene rings is 1. The Labute approximate surface area is 156 Å². The molecule has 140 valence electrons. The van der Waals surface area contributed by atoms with Gasteiger partial charge in [-0.3, -0.25) is 4.79 Å². The van der Waals surface area contributed by atoms with Crippen LogP contribution in [0.2, 0.25) is 0 Å². The molecule has 1 saturated heterocycles. The third kappa shape index (κ3) is 5.18. The zero-order valence-corrected chi connectivity index (χ0v) is 15.7. The largest absolute Gasteiger partial charge is 0.352 e. The van der Waals surface area contributed by atoms with E-state index in [9.17, 15) is 4.79 Å². The van der Waals surface area contributed by atoms with Crippen molar-refractivity contribution in [3.63, 3.8) is 0 Å². The summed E-state index contributed by atoms with van der Waals surface area (Å²) in [5, 5.41) is 3.06. The number of carbonyl (C=O) groups is 1. The van der Waals surface area contributed by atoms with Gasteiger partial charge in [0.1, 0.15) is 0 Å². The van der Waals surface area contributed by atoms with Crippen molar-refractivity contribution in [2.45, 2.75) is 51.6 Å². The first kappa shape index (κ1) is 18.6. The summed E-state index contributed by atoms with van der Waals surface area (Å²) in [5.74, 6) is 0.0184. The Balaban J connectivity index is 1.40. The third-order valence-corrected chi connectivity index (χ3v) is 5.27. The van der Waals surface area contributed by atoms with Crippen LogP contribution in [0.15, 0.2) is 43.0 Å². The molecular formula is C21H30N4O. The summed E-state index contributed by atoms with van der Waals surface area (Å²) in [7, 11) is 0. The van der Waals surface area contributed by atoms with E-state index in [1.807, 2.05) is 35.0 Å². The van der Waals surface area contributed by atoms with Gasteiger partial charge in [0.15, 0.2) is 0 Å². The molecule has 0 saturated carbocycles. The molecule has 3 rings (SSSR count). The van der Waals surface area contributed by atoms with Crippen molar-refractivity contribution in [3.8, 4) is 0 Å². The predicted molar refractivity (Wildman–Crippen MR) is 104 cm³/mol. The van der Waals surface area contributed by atoms with E-state index >= 15 is 0 Å². The lowest BCUT2D eigenvalue weighted by Gasteiger charge is -2.35. The number of carbonyl (C=O) groups excluding carboxylic acids is 1. The fourth-order valence-corrected chi connectivity index (χ4v) is 3.76. The summed E-state index contributed by atoms with van der Waals surface area (Å²) >= 11 is 0. The highest BCUT2D eigenvalue weighted by Gasteiger charge is 2.19. The van der Waals surface area contributed by atoms with Gasteiger partial charge in [-0.25, -0.2) is 4.98 Å². The fraction of sp³-hybridized carbons (Fsp3) is 0.524. The number of likely N-dealkylation sites (tertiary alicyclic amines) is 1. The van der Waals surface area contributed by atoms with Gasteiger partial charge in [-0.2, -0.15) is 0 Å². The molecule has 1 aliphatic heterocycles. The van der Waals surface area contributed by atoms with Crippen molar-refractivity contribution in [1.29, 1.82) is 0 Å². The van der Waals surface area contributed by atoms with Gasteiger partial charge in [-0.1, -0.05) is 25.5 Å². The summed E-state index contributed by atoms with van der Waals surface area (Å²) in [6, 6.07) is 8.56. The minimum Gasteiger partial charge on any atom is -0.352 e. The highest BCUT2D eigenvalue weighted by atomic mass is 16.1. The van der Waals surface area contributed by atoms with E-state index in [-0.39, 0.29) is 5.91 Å². The zero-order valence-electron chi connectivity index (χ0n) is 15.7. The molecule has 0 radical (unpaired) electrons. The molecule has 1 aromatic carbocycles. The number of imidazole rings is 1. The van der Waals surface area contributed by atoms with E-state index in [1.165, 1.54) is 32.2 Å². The second kappa shape index (κ2) is 9.53. The molecule has 1 fully saturated rings. The van der Waals surface area contributed by atoms with Gasteiger partial charge in [-0.15, -0.1) is 0 Å². The van der Waals surface area contributed by atoms with Gasteiger partial charge in [0, 0.05) is 43.6 Å². The number of hydrogen-bond acceptors (Lipinski definition) is 3. The lowest BCUT2D eigenvalue weighted by Crippen LogP contribution is -2.40. The number of hydrogen-bond donors (Lipinski definition) is 1. The summed E-state index contributed by atoms with van der Waals surface area (Å²) in [4.78, 5) is 18.9. The first-order chi connectivity index (χ1) is 12.8. The molecule has 0 spiro atoms.